The van der Waals surface area contributed by atoms with Gasteiger partial charge in [-0.1, -0.05) is 22.9 Å². The highest BCUT2D eigenvalue weighted by atomic mass is 35.5. The Morgan fingerprint density at radius 1 is 1.04 bits per heavy atom. The molecule has 0 aliphatic rings. The molecule has 150 valence electrons. The van der Waals surface area contributed by atoms with Crippen LogP contribution in [0.15, 0.2) is 45.7 Å². The number of fused-ring (bicyclic) bond motifs is 1. The predicted octanol–water partition coefficient (Wildman–Crippen LogP) is 3.31. The summed E-state index contributed by atoms with van der Waals surface area (Å²) in [6.45, 7) is 0.773. The summed E-state index contributed by atoms with van der Waals surface area (Å²) < 4.78 is 48.3. The quantitative estimate of drug-likeness (QED) is 0.560. The molecule has 0 bridgehead atoms. The van der Waals surface area contributed by atoms with E-state index in [0.717, 1.165) is 4.70 Å². The van der Waals surface area contributed by atoms with Crippen molar-refractivity contribution in [1.29, 1.82) is 0 Å². The largest absolute Gasteiger partial charge is 0.495 e. The van der Waals surface area contributed by atoms with Crippen molar-refractivity contribution in [3.05, 3.63) is 46.2 Å². The van der Waals surface area contributed by atoms with Gasteiger partial charge in [0.15, 0.2) is 0 Å². The van der Waals surface area contributed by atoms with Gasteiger partial charge >= 0.3 is 0 Å². The minimum absolute atomic E-state index is 0.0616. The number of hydrogen-bond acceptors (Lipinski definition) is 6. The van der Waals surface area contributed by atoms with Crippen LogP contribution < -0.4 is 14.3 Å². The number of hydrogen-bond donors (Lipinski definition) is 0. The Morgan fingerprint density at radius 2 is 1.68 bits per heavy atom. The summed E-state index contributed by atoms with van der Waals surface area (Å²) in [5, 5.41) is 0.449. The van der Waals surface area contributed by atoms with E-state index >= 15 is 0 Å². The molecule has 3 rings (SSSR count). The molecule has 1 heterocycles. The van der Waals surface area contributed by atoms with Crippen molar-refractivity contribution in [2.24, 2.45) is 4.40 Å². The minimum Gasteiger partial charge on any atom is -0.495 e. The van der Waals surface area contributed by atoms with E-state index < -0.39 is 10.0 Å². The zero-order valence-corrected chi connectivity index (χ0v) is 17.9. The fraction of sp³-hybridized carbons (Fsp3) is 0.278. The summed E-state index contributed by atoms with van der Waals surface area (Å²) in [6.07, 6.45) is 0. The molecule has 0 saturated heterocycles. The highest BCUT2D eigenvalue weighted by molar-refractivity contribution is 7.90. The van der Waals surface area contributed by atoms with Crippen LogP contribution in [-0.2, 0) is 21.3 Å². The van der Waals surface area contributed by atoms with Crippen LogP contribution in [0.2, 0.25) is 5.02 Å². The van der Waals surface area contributed by atoms with E-state index in [2.05, 4.69) is 4.40 Å². The van der Waals surface area contributed by atoms with Crippen molar-refractivity contribution in [3.63, 3.8) is 0 Å². The first-order valence-electron chi connectivity index (χ1n) is 8.21. The molecular weight excluding hydrogens is 424 g/mol. The summed E-state index contributed by atoms with van der Waals surface area (Å²) in [6, 6.07) is 9.43. The summed E-state index contributed by atoms with van der Waals surface area (Å²) in [4.78, 5) is 0.358. The molecule has 0 saturated carbocycles. The molecule has 3 aromatic rings. The number of aromatic nitrogens is 1. The van der Waals surface area contributed by atoms with Crippen LogP contribution in [-0.4, -0.2) is 40.9 Å². The smallest absolute Gasteiger partial charge is 0.285 e. The molecule has 0 unspecified atom stereocenters. The first-order chi connectivity index (χ1) is 13.4. The number of thiazole rings is 1. The number of sulfonamides is 1. The van der Waals surface area contributed by atoms with Crippen molar-refractivity contribution in [2.45, 2.75) is 11.4 Å². The number of ether oxygens (including phenoxy) is 3. The average molecular weight is 443 g/mol. The fourth-order valence-corrected chi connectivity index (χ4v) is 5.17. The third kappa shape index (κ3) is 4.02. The molecule has 1 aromatic heterocycles. The van der Waals surface area contributed by atoms with Gasteiger partial charge in [-0.2, -0.15) is 8.42 Å². The molecule has 28 heavy (non-hydrogen) atoms. The van der Waals surface area contributed by atoms with E-state index in [9.17, 15) is 8.42 Å². The Kier molecular flexibility index (Phi) is 6.29. The summed E-state index contributed by atoms with van der Waals surface area (Å²) >= 11 is 7.07. The standard InChI is InChI=1S/C18H19ClN2O5S2/c1-24-11-10-21-16-14(25-2)8-9-15(26-3)17(16)27-18(21)20-28(22,23)13-6-4-12(19)5-7-13/h4-9H,10-11H2,1-3H3/b20-18-. The maximum absolute atomic E-state index is 12.8. The molecule has 0 amide bonds. The van der Waals surface area contributed by atoms with Crippen molar-refractivity contribution >= 4 is 43.2 Å². The first kappa shape index (κ1) is 20.7. The maximum Gasteiger partial charge on any atom is 0.285 e. The van der Waals surface area contributed by atoms with Crippen molar-refractivity contribution in [3.8, 4) is 11.5 Å². The number of methoxy groups -OCH3 is 3. The van der Waals surface area contributed by atoms with E-state index in [-0.39, 0.29) is 4.90 Å². The molecule has 0 fully saturated rings. The average Bonchev–Trinajstić information content (AvgIpc) is 3.03. The number of halogens is 1. The third-order valence-electron chi connectivity index (χ3n) is 4.02. The predicted molar refractivity (Wildman–Crippen MR) is 109 cm³/mol. The van der Waals surface area contributed by atoms with Crippen LogP contribution in [0.3, 0.4) is 0 Å². The minimum atomic E-state index is -3.93. The second kappa shape index (κ2) is 8.52. The van der Waals surface area contributed by atoms with Gasteiger partial charge in [0, 0.05) is 18.7 Å². The van der Waals surface area contributed by atoms with Gasteiger partial charge < -0.3 is 18.8 Å². The van der Waals surface area contributed by atoms with E-state index in [1.807, 2.05) is 0 Å². The van der Waals surface area contributed by atoms with Crippen LogP contribution in [0.1, 0.15) is 0 Å². The maximum atomic E-state index is 12.8. The van der Waals surface area contributed by atoms with Crippen LogP contribution in [0, 0.1) is 0 Å². The molecule has 7 nitrogen and oxygen atoms in total. The van der Waals surface area contributed by atoms with Crippen molar-refractivity contribution in [2.75, 3.05) is 27.9 Å². The Bertz CT molecular complexity index is 1150. The zero-order valence-electron chi connectivity index (χ0n) is 15.5. The Labute approximate surface area is 171 Å². The van der Waals surface area contributed by atoms with E-state index in [1.165, 1.54) is 35.6 Å². The van der Waals surface area contributed by atoms with Gasteiger partial charge in [0.2, 0.25) is 4.80 Å². The molecule has 0 N–H and O–H groups in total. The fourth-order valence-electron chi connectivity index (χ4n) is 2.68. The number of benzene rings is 2. The SMILES string of the molecule is COCCn1/c(=N/S(=O)(=O)c2ccc(Cl)cc2)sc2c(OC)ccc(OC)c21. The molecule has 0 atom stereocenters. The second-order valence-corrected chi connectivity index (χ2v) is 8.72. The molecule has 10 heteroatoms. The van der Waals surface area contributed by atoms with Gasteiger partial charge in [0.05, 0.1) is 25.7 Å². The lowest BCUT2D eigenvalue weighted by molar-refractivity contribution is 0.187. The van der Waals surface area contributed by atoms with E-state index in [0.29, 0.717) is 40.0 Å². The summed E-state index contributed by atoms with van der Waals surface area (Å²) in [5.74, 6) is 1.20. The van der Waals surface area contributed by atoms with Crippen molar-refractivity contribution in [1.82, 2.24) is 4.57 Å². The molecular formula is C18H19ClN2O5S2. The molecule has 0 aliphatic heterocycles. The Hall–Kier alpha value is -2.07. The normalized spacial score (nSPS) is 12.5. The van der Waals surface area contributed by atoms with Gasteiger partial charge in [-0.15, -0.1) is 4.40 Å². The van der Waals surface area contributed by atoms with Crippen LogP contribution >= 0.6 is 22.9 Å². The first-order valence-corrected chi connectivity index (χ1v) is 10.8. The van der Waals surface area contributed by atoms with Crippen LogP contribution in [0.25, 0.3) is 10.2 Å². The molecule has 0 radical (unpaired) electrons. The van der Waals surface area contributed by atoms with Gasteiger partial charge in [-0.05, 0) is 36.4 Å². The second-order valence-electron chi connectivity index (χ2n) is 5.70. The monoisotopic (exact) mass is 442 g/mol. The topological polar surface area (TPSA) is 79.1 Å². The lowest BCUT2D eigenvalue weighted by Gasteiger charge is -2.09. The molecule has 2 aromatic carbocycles. The zero-order chi connectivity index (χ0) is 20.3. The van der Waals surface area contributed by atoms with E-state index in [1.54, 1.807) is 38.0 Å². The van der Waals surface area contributed by atoms with Gasteiger partial charge in [-0.3, -0.25) is 0 Å². The number of nitrogens with zero attached hydrogens (tertiary/aromatic N) is 2. The van der Waals surface area contributed by atoms with Gasteiger partial charge in [-0.25, -0.2) is 0 Å². The third-order valence-corrected chi connectivity index (χ3v) is 6.76. The number of rotatable bonds is 7. The summed E-state index contributed by atoms with van der Waals surface area (Å²) in [5.41, 5.74) is 0.703. The lowest BCUT2D eigenvalue weighted by Crippen LogP contribution is -2.19. The molecule has 0 aliphatic carbocycles. The lowest BCUT2D eigenvalue weighted by atomic mass is 10.3. The van der Waals surface area contributed by atoms with Crippen LogP contribution in [0.4, 0.5) is 0 Å². The Balaban J connectivity index is 2.30. The van der Waals surface area contributed by atoms with Gasteiger partial charge in [0.25, 0.3) is 10.0 Å². The highest BCUT2D eigenvalue weighted by Crippen LogP contribution is 2.35. The summed E-state index contributed by atoms with van der Waals surface area (Å²) in [7, 11) is 0.760. The van der Waals surface area contributed by atoms with Crippen molar-refractivity contribution < 1.29 is 22.6 Å². The van der Waals surface area contributed by atoms with Gasteiger partial charge in [0.1, 0.15) is 21.7 Å². The van der Waals surface area contributed by atoms with E-state index in [4.69, 9.17) is 25.8 Å². The Morgan fingerprint density at radius 3 is 2.29 bits per heavy atom. The molecule has 0 spiro atoms. The van der Waals surface area contributed by atoms with Crippen LogP contribution in [0.5, 0.6) is 11.5 Å². The highest BCUT2D eigenvalue weighted by Gasteiger charge is 2.19.